The predicted octanol–water partition coefficient (Wildman–Crippen LogP) is 0.868. The number of nitrogens with one attached hydrogen (secondary N) is 1. The molecule has 0 aromatic heterocycles. The van der Waals surface area contributed by atoms with Crippen LogP contribution >= 0.6 is 0 Å². The first-order valence-corrected chi connectivity index (χ1v) is 7.86. The van der Waals surface area contributed by atoms with Crippen molar-refractivity contribution < 1.29 is 8.42 Å². The highest BCUT2D eigenvalue weighted by Gasteiger charge is 2.28. The van der Waals surface area contributed by atoms with Gasteiger partial charge in [0.05, 0.1) is 5.69 Å². The van der Waals surface area contributed by atoms with Crippen molar-refractivity contribution >= 4 is 15.7 Å². The fourth-order valence-electron chi connectivity index (χ4n) is 2.48. The standard InChI is InChI=1S/C13H21N3O2S/c1-9-4-5-12(14)13(10(9)2)19(17,18)15-11-6-7-16(3)8-11/h4-5,11,15H,6-8,14H2,1-3H3. The third-order valence-corrected chi connectivity index (χ3v) is 5.41. The van der Waals surface area contributed by atoms with Crippen molar-refractivity contribution in [3.8, 4) is 0 Å². The molecule has 0 amide bonds. The van der Waals surface area contributed by atoms with Gasteiger partial charge >= 0.3 is 0 Å². The van der Waals surface area contributed by atoms with Crippen LogP contribution in [0.5, 0.6) is 0 Å². The van der Waals surface area contributed by atoms with Gasteiger partial charge in [-0.25, -0.2) is 13.1 Å². The first kappa shape index (κ1) is 14.3. The summed E-state index contributed by atoms with van der Waals surface area (Å²) in [5, 5.41) is 0. The van der Waals surface area contributed by atoms with Crippen molar-refractivity contribution in [1.29, 1.82) is 0 Å². The molecular formula is C13H21N3O2S. The number of sulfonamides is 1. The van der Waals surface area contributed by atoms with Gasteiger partial charge in [-0.3, -0.25) is 0 Å². The molecule has 0 bridgehead atoms. The zero-order valence-corrected chi connectivity index (χ0v) is 12.4. The van der Waals surface area contributed by atoms with E-state index in [1.54, 1.807) is 13.0 Å². The lowest BCUT2D eigenvalue weighted by atomic mass is 10.1. The van der Waals surface area contributed by atoms with Gasteiger partial charge in [-0.1, -0.05) is 6.07 Å². The van der Waals surface area contributed by atoms with Gasteiger partial charge in [0.15, 0.2) is 0 Å². The summed E-state index contributed by atoms with van der Waals surface area (Å²) in [5.74, 6) is 0. The normalized spacial score (nSPS) is 20.9. The topological polar surface area (TPSA) is 75.4 Å². The maximum atomic E-state index is 12.5. The third kappa shape index (κ3) is 2.91. The van der Waals surface area contributed by atoms with Gasteiger partial charge in [0.25, 0.3) is 0 Å². The zero-order valence-electron chi connectivity index (χ0n) is 11.6. The summed E-state index contributed by atoms with van der Waals surface area (Å²) in [6.45, 7) is 5.33. The molecule has 1 saturated heterocycles. The molecule has 1 fully saturated rings. The molecule has 0 radical (unpaired) electrons. The van der Waals surface area contributed by atoms with Crippen LogP contribution in [-0.2, 0) is 10.0 Å². The second-order valence-electron chi connectivity index (χ2n) is 5.29. The van der Waals surface area contributed by atoms with Crippen molar-refractivity contribution in [3.63, 3.8) is 0 Å². The van der Waals surface area contributed by atoms with Crippen LogP contribution in [-0.4, -0.2) is 39.5 Å². The third-order valence-electron chi connectivity index (χ3n) is 3.69. The first-order chi connectivity index (χ1) is 8.81. The minimum Gasteiger partial charge on any atom is -0.398 e. The van der Waals surface area contributed by atoms with E-state index in [4.69, 9.17) is 5.73 Å². The summed E-state index contributed by atoms with van der Waals surface area (Å²) in [6.07, 6.45) is 0.834. The number of likely N-dealkylation sites (tertiary alicyclic amines) is 1. The average molecular weight is 283 g/mol. The van der Waals surface area contributed by atoms with E-state index in [9.17, 15) is 8.42 Å². The van der Waals surface area contributed by atoms with E-state index < -0.39 is 10.0 Å². The molecule has 5 nitrogen and oxygen atoms in total. The monoisotopic (exact) mass is 283 g/mol. The Morgan fingerprint density at radius 3 is 2.63 bits per heavy atom. The number of hydrogen-bond donors (Lipinski definition) is 2. The average Bonchev–Trinajstić information content (AvgIpc) is 2.68. The van der Waals surface area contributed by atoms with Crippen LogP contribution in [0.25, 0.3) is 0 Å². The van der Waals surface area contributed by atoms with E-state index in [2.05, 4.69) is 9.62 Å². The second-order valence-corrected chi connectivity index (χ2v) is 6.95. The van der Waals surface area contributed by atoms with Crippen molar-refractivity contribution in [1.82, 2.24) is 9.62 Å². The molecule has 6 heteroatoms. The van der Waals surface area contributed by atoms with Crippen LogP contribution in [0.3, 0.4) is 0 Å². The van der Waals surface area contributed by atoms with Gasteiger partial charge < -0.3 is 10.6 Å². The van der Waals surface area contributed by atoms with Crippen LogP contribution in [0.15, 0.2) is 17.0 Å². The summed E-state index contributed by atoms with van der Waals surface area (Å²) in [6, 6.07) is 3.46. The highest BCUT2D eigenvalue weighted by molar-refractivity contribution is 7.89. The number of aryl methyl sites for hydroxylation is 1. The van der Waals surface area contributed by atoms with Crippen LogP contribution in [0.2, 0.25) is 0 Å². The number of nitrogens with two attached hydrogens (primary N) is 1. The number of anilines is 1. The van der Waals surface area contributed by atoms with Crippen molar-refractivity contribution in [2.75, 3.05) is 25.9 Å². The van der Waals surface area contributed by atoms with Crippen LogP contribution < -0.4 is 10.5 Å². The van der Waals surface area contributed by atoms with E-state index >= 15 is 0 Å². The number of nitrogens with zero attached hydrogens (tertiary/aromatic N) is 1. The summed E-state index contributed by atoms with van der Waals surface area (Å²) < 4.78 is 27.7. The number of rotatable bonds is 3. The Kier molecular flexibility index (Phi) is 3.85. The van der Waals surface area contributed by atoms with Crippen LogP contribution in [0.1, 0.15) is 17.5 Å². The number of nitrogen functional groups attached to an aromatic ring is 1. The predicted molar refractivity (Wildman–Crippen MR) is 76.6 cm³/mol. The van der Waals surface area contributed by atoms with Gasteiger partial charge in [-0.15, -0.1) is 0 Å². The maximum absolute atomic E-state index is 12.5. The molecule has 2 rings (SSSR count). The van der Waals surface area contributed by atoms with Gasteiger partial charge in [-0.05, 0) is 51.1 Å². The summed E-state index contributed by atoms with van der Waals surface area (Å²) >= 11 is 0. The maximum Gasteiger partial charge on any atom is 0.243 e. The Hall–Kier alpha value is -1.11. The smallest absolute Gasteiger partial charge is 0.243 e. The molecule has 0 saturated carbocycles. The van der Waals surface area contributed by atoms with E-state index in [1.165, 1.54) is 0 Å². The highest BCUT2D eigenvalue weighted by Crippen LogP contribution is 2.25. The molecule has 1 aromatic rings. The molecule has 1 heterocycles. The molecule has 1 atom stereocenters. The van der Waals surface area contributed by atoms with Crippen molar-refractivity contribution in [2.45, 2.75) is 31.2 Å². The Morgan fingerprint density at radius 1 is 1.37 bits per heavy atom. The van der Waals surface area contributed by atoms with E-state index in [-0.39, 0.29) is 10.9 Å². The molecule has 1 aliphatic heterocycles. The first-order valence-electron chi connectivity index (χ1n) is 6.38. The molecular weight excluding hydrogens is 262 g/mol. The molecule has 106 valence electrons. The van der Waals surface area contributed by atoms with Gasteiger partial charge in [0.1, 0.15) is 4.90 Å². The van der Waals surface area contributed by atoms with E-state index in [0.717, 1.165) is 30.6 Å². The second kappa shape index (κ2) is 5.11. The Morgan fingerprint density at radius 2 is 2.05 bits per heavy atom. The minimum atomic E-state index is -3.55. The molecule has 1 aliphatic rings. The van der Waals surface area contributed by atoms with Crippen molar-refractivity contribution in [2.24, 2.45) is 0 Å². The Balaban J connectivity index is 2.32. The molecule has 1 aromatic carbocycles. The number of benzene rings is 1. The van der Waals surface area contributed by atoms with Crippen LogP contribution in [0, 0.1) is 13.8 Å². The molecule has 0 aliphatic carbocycles. The fraction of sp³-hybridized carbons (Fsp3) is 0.538. The van der Waals surface area contributed by atoms with E-state index in [1.807, 2.05) is 20.0 Å². The lowest BCUT2D eigenvalue weighted by Gasteiger charge is -2.17. The number of hydrogen-bond acceptors (Lipinski definition) is 4. The molecule has 3 N–H and O–H groups in total. The molecule has 0 spiro atoms. The Labute approximate surface area is 114 Å². The Bertz CT molecular complexity index is 584. The van der Waals surface area contributed by atoms with Crippen molar-refractivity contribution in [3.05, 3.63) is 23.3 Å². The summed E-state index contributed by atoms with van der Waals surface area (Å²) in [5.41, 5.74) is 7.81. The number of likely N-dealkylation sites (N-methyl/N-ethyl adjacent to an activating group) is 1. The van der Waals surface area contributed by atoms with Crippen LogP contribution in [0.4, 0.5) is 5.69 Å². The highest BCUT2D eigenvalue weighted by atomic mass is 32.2. The van der Waals surface area contributed by atoms with Gasteiger partial charge in [-0.2, -0.15) is 0 Å². The SMILES string of the molecule is Cc1ccc(N)c(S(=O)(=O)NC2CCN(C)C2)c1C. The van der Waals surface area contributed by atoms with Gasteiger partial charge in [0.2, 0.25) is 10.0 Å². The summed E-state index contributed by atoms with van der Waals surface area (Å²) in [7, 11) is -1.57. The molecule has 19 heavy (non-hydrogen) atoms. The quantitative estimate of drug-likeness (QED) is 0.807. The molecule has 1 unspecified atom stereocenters. The lowest BCUT2D eigenvalue weighted by Crippen LogP contribution is -2.37. The van der Waals surface area contributed by atoms with Gasteiger partial charge in [0, 0.05) is 12.6 Å². The summed E-state index contributed by atoms with van der Waals surface area (Å²) in [4.78, 5) is 2.33. The lowest BCUT2D eigenvalue weighted by molar-refractivity contribution is 0.407. The largest absolute Gasteiger partial charge is 0.398 e. The zero-order chi connectivity index (χ0) is 14.2. The fourth-order valence-corrected chi connectivity index (χ4v) is 4.17. The van der Waals surface area contributed by atoms with E-state index in [0.29, 0.717) is 5.69 Å². The minimum absolute atomic E-state index is 0.0330.